The molecule has 5 aliphatic rings. The Balaban J connectivity index is 1.54. The predicted molar refractivity (Wildman–Crippen MR) is 101 cm³/mol. The lowest BCUT2D eigenvalue weighted by molar-refractivity contribution is 0.0673. The lowest BCUT2D eigenvalue weighted by Crippen LogP contribution is -2.49. The highest BCUT2D eigenvalue weighted by Crippen LogP contribution is 2.58. The van der Waals surface area contributed by atoms with E-state index in [1.807, 2.05) is 12.1 Å². The average Bonchev–Trinajstić information content (AvgIpc) is 3.10. The Bertz CT molecular complexity index is 707. The van der Waals surface area contributed by atoms with Crippen LogP contribution in [0.2, 0.25) is 5.02 Å². The molecule has 0 N–H and O–H groups in total. The molecular formula is C21H25ClN2O. The SMILES string of the molecule is Clc1ccc(C2C3C=CC(CC3)C23CCC(N2CCOCC2)=N3)cc1. The number of morpholine rings is 1. The largest absolute Gasteiger partial charge is 0.378 e. The molecule has 4 atom stereocenters. The second kappa shape index (κ2) is 6.14. The summed E-state index contributed by atoms with van der Waals surface area (Å²) in [6, 6.07) is 8.54. The molecule has 1 aromatic rings. The zero-order valence-corrected chi connectivity index (χ0v) is 15.3. The summed E-state index contributed by atoms with van der Waals surface area (Å²) < 4.78 is 5.53. The van der Waals surface area contributed by atoms with E-state index in [1.54, 1.807) is 0 Å². The molecule has 2 aliphatic heterocycles. The van der Waals surface area contributed by atoms with Crippen molar-refractivity contribution in [1.82, 2.24) is 4.90 Å². The molecule has 1 saturated carbocycles. The van der Waals surface area contributed by atoms with Crippen molar-refractivity contribution in [3.63, 3.8) is 0 Å². The van der Waals surface area contributed by atoms with E-state index in [2.05, 4.69) is 29.2 Å². The van der Waals surface area contributed by atoms with Crippen molar-refractivity contribution in [1.29, 1.82) is 0 Å². The van der Waals surface area contributed by atoms with Crippen molar-refractivity contribution in [2.24, 2.45) is 16.8 Å². The van der Waals surface area contributed by atoms with Crippen molar-refractivity contribution in [2.45, 2.75) is 37.1 Å². The molecule has 1 aromatic carbocycles. The molecule has 4 heteroatoms. The third kappa shape index (κ3) is 2.55. The summed E-state index contributed by atoms with van der Waals surface area (Å²) in [7, 11) is 0. The fourth-order valence-electron chi connectivity index (χ4n) is 5.55. The van der Waals surface area contributed by atoms with Gasteiger partial charge in [0.05, 0.1) is 24.6 Å². The van der Waals surface area contributed by atoms with Crippen molar-refractivity contribution < 1.29 is 4.74 Å². The first-order valence-electron chi connectivity index (χ1n) is 9.61. The van der Waals surface area contributed by atoms with Gasteiger partial charge >= 0.3 is 0 Å². The third-order valence-electron chi connectivity index (χ3n) is 6.70. The Kier molecular flexibility index (Phi) is 3.90. The fraction of sp³-hybridized carbons (Fsp3) is 0.571. The van der Waals surface area contributed by atoms with Crippen LogP contribution in [0.15, 0.2) is 41.4 Å². The van der Waals surface area contributed by atoms with E-state index in [1.165, 1.54) is 30.7 Å². The normalized spacial score (nSPS) is 36.9. The number of rotatable bonds is 1. The smallest absolute Gasteiger partial charge is 0.0998 e. The van der Waals surface area contributed by atoms with Crippen LogP contribution < -0.4 is 0 Å². The number of hydrogen-bond acceptors (Lipinski definition) is 3. The number of aliphatic imine (C=N–C) groups is 1. The summed E-state index contributed by atoms with van der Waals surface area (Å²) in [6.45, 7) is 3.64. The van der Waals surface area contributed by atoms with E-state index in [0.29, 0.717) is 17.8 Å². The number of hydrogen-bond donors (Lipinski definition) is 0. The minimum Gasteiger partial charge on any atom is -0.378 e. The first kappa shape index (κ1) is 15.9. The van der Waals surface area contributed by atoms with Crippen LogP contribution in [0.5, 0.6) is 0 Å². The second-order valence-corrected chi connectivity index (χ2v) is 8.32. The molecule has 1 saturated heterocycles. The lowest BCUT2D eigenvalue weighted by Gasteiger charge is -2.51. The number of amidine groups is 1. The Labute approximate surface area is 154 Å². The highest BCUT2D eigenvalue weighted by atomic mass is 35.5. The molecule has 132 valence electrons. The van der Waals surface area contributed by atoms with Gasteiger partial charge in [-0.2, -0.15) is 0 Å². The predicted octanol–water partition coefficient (Wildman–Crippen LogP) is 4.28. The van der Waals surface area contributed by atoms with Crippen LogP contribution in [-0.4, -0.2) is 42.6 Å². The van der Waals surface area contributed by atoms with Gasteiger partial charge in [0.25, 0.3) is 0 Å². The Morgan fingerprint density at radius 2 is 1.88 bits per heavy atom. The topological polar surface area (TPSA) is 24.8 Å². The van der Waals surface area contributed by atoms with Gasteiger partial charge in [-0.15, -0.1) is 0 Å². The van der Waals surface area contributed by atoms with Gasteiger partial charge in [-0.3, -0.25) is 4.99 Å². The van der Waals surface area contributed by atoms with Crippen LogP contribution in [0, 0.1) is 11.8 Å². The van der Waals surface area contributed by atoms with Crippen LogP contribution in [0.4, 0.5) is 0 Å². The first-order valence-corrected chi connectivity index (χ1v) is 9.99. The summed E-state index contributed by atoms with van der Waals surface area (Å²) >= 11 is 6.15. The van der Waals surface area contributed by atoms with E-state index in [0.717, 1.165) is 37.7 Å². The molecule has 2 bridgehead atoms. The van der Waals surface area contributed by atoms with E-state index in [4.69, 9.17) is 21.3 Å². The maximum Gasteiger partial charge on any atom is 0.0998 e. The Hall–Kier alpha value is -1.32. The van der Waals surface area contributed by atoms with Crippen LogP contribution in [0.3, 0.4) is 0 Å². The van der Waals surface area contributed by atoms with Crippen molar-refractivity contribution >= 4 is 17.4 Å². The first-order chi connectivity index (χ1) is 12.3. The quantitative estimate of drug-likeness (QED) is 0.701. The molecule has 3 aliphatic carbocycles. The number of ether oxygens (including phenoxy) is 1. The number of allylic oxidation sites excluding steroid dienone is 1. The number of halogens is 1. The Morgan fingerprint density at radius 1 is 1.08 bits per heavy atom. The van der Waals surface area contributed by atoms with Crippen LogP contribution in [0.1, 0.15) is 37.2 Å². The zero-order valence-electron chi connectivity index (χ0n) is 14.5. The minimum atomic E-state index is 0.0547. The minimum absolute atomic E-state index is 0.0547. The second-order valence-electron chi connectivity index (χ2n) is 7.88. The highest BCUT2D eigenvalue weighted by molar-refractivity contribution is 6.30. The lowest BCUT2D eigenvalue weighted by atomic mass is 9.55. The Morgan fingerprint density at radius 3 is 2.60 bits per heavy atom. The molecule has 6 rings (SSSR count). The maximum atomic E-state index is 6.15. The summed E-state index contributed by atoms with van der Waals surface area (Å²) in [5, 5.41) is 0.818. The summed E-state index contributed by atoms with van der Waals surface area (Å²) in [5.74, 6) is 3.01. The number of benzene rings is 1. The fourth-order valence-corrected chi connectivity index (χ4v) is 5.68. The molecule has 0 radical (unpaired) electrons. The average molecular weight is 357 g/mol. The number of fused-ring (bicyclic) bond motifs is 1. The van der Waals surface area contributed by atoms with Crippen molar-refractivity contribution in [3.8, 4) is 0 Å². The molecular weight excluding hydrogens is 332 g/mol. The zero-order chi connectivity index (χ0) is 16.9. The van der Waals surface area contributed by atoms with Crippen molar-refractivity contribution in [2.75, 3.05) is 26.3 Å². The molecule has 0 aromatic heterocycles. The van der Waals surface area contributed by atoms with E-state index in [9.17, 15) is 0 Å². The van der Waals surface area contributed by atoms with E-state index < -0.39 is 0 Å². The molecule has 25 heavy (non-hydrogen) atoms. The van der Waals surface area contributed by atoms with Gasteiger partial charge in [0.2, 0.25) is 0 Å². The summed E-state index contributed by atoms with van der Waals surface area (Å²) in [4.78, 5) is 7.93. The molecule has 2 fully saturated rings. The number of nitrogens with zero attached hydrogens (tertiary/aromatic N) is 2. The van der Waals surface area contributed by atoms with Gasteiger partial charge in [0.15, 0.2) is 0 Å². The molecule has 2 heterocycles. The summed E-state index contributed by atoms with van der Waals surface area (Å²) in [6.07, 6.45) is 9.79. The molecule has 1 spiro atoms. The molecule has 3 nitrogen and oxygen atoms in total. The third-order valence-corrected chi connectivity index (χ3v) is 6.95. The maximum absolute atomic E-state index is 6.15. The van der Waals surface area contributed by atoms with E-state index >= 15 is 0 Å². The van der Waals surface area contributed by atoms with Crippen LogP contribution >= 0.6 is 11.6 Å². The van der Waals surface area contributed by atoms with Gasteiger partial charge in [-0.25, -0.2) is 0 Å². The highest BCUT2D eigenvalue weighted by Gasteiger charge is 2.55. The van der Waals surface area contributed by atoms with E-state index in [-0.39, 0.29) is 5.54 Å². The monoisotopic (exact) mass is 356 g/mol. The van der Waals surface area contributed by atoms with Gasteiger partial charge in [0.1, 0.15) is 0 Å². The van der Waals surface area contributed by atoms with Gasteiger partial charge in [0, 0.05) is 36.4 Å². The molecule has 0 amide bonds. The van der Waals surface area contributed by atoms with Crippen molar-refractivity contribution in [3.05, 3.63) is 47.0 Å². The van der Waals surface area contributed by atoms with Crippen LogP contribution in [0.25, 0.3) is 0 Å². The van der Waals surface area contributed by atoms with Gasteiger partial charge < -0.3 is 9.64 Å². The van der Waals surface area contributed by atoms with Gasteiger partial charge in [-0.05, 0) is 42.9 Å². The van der Waals surface area contributed by atoms with Crippen LogP contribution in [-0.2, 0) is 4.74 Å². The standard InChI is InChI=1S/C21H25ClN2O/c22-18-7-3-16(4-8-18)20-15-1-5-17(6-2-15)21(20)10-9-19(23-21)24-11-13-25-14-12-24/h1,3-5,7-8,15,17,20H,2,6,9-14H2. The van der Waals surface area contributed by atoms with Gasteiger partial charge in [-0.1, -0.05) is 35.9 Å². The molecule has 4 unspecified atom stereocenters. The summed E-state index contributed by atoms with van der Waals surface area (Å²) in [5.41, 5.74) is 1.47.